The third-order valence-corrected chi connectivity index (χ3v) is 2.98. The minimum atomic E-state index is 0.660. The third-order valence-electron chi connectivity index (χ3n) is 2.98. The summed E-state index contributed by atoms with van der Waals surface area (Å²) in [5, 5.41) is 9.44. The van der Waals surface area contributed by atoms with Crippen molar-refractivity contribution in [3.63, 3.8) is 0 Å². The number of anilines is 1. The lowest BCUT2D eigenvalue weighted by Crippen LogP contribution is -1.97. The molecule has 0 atom stereocenters. The summed E-state index contributed by atoms with van der Waals surface area (Å²) in [6, 6.07) is 9.87. The molecule has 100 valence electrons. The molecule has 0 amide bonds. The Balaban J connectivity index is 1.90. The second-order valence-electron chi connectivity index (χ2n) is 4.41. The molecule has 0 saturated carbocycles. The van der Waals surface area contributed by atoms with Gasteiger partial charge in [-0.1, -0.05) is 30.3 Å². The van der Waals surface area contributed by atoms with Crippen LogP contribution < -0.4 is 5.43 Å². The Hall–Kier alpha value is -2.76. The highest BCUT2D eigenvalue weighted by Gasteiger charge is 2.11. The lowest BCUT2D eigenvalue weighted by atomic mass is 10.2. The van der Waals surface area contributed by atoms with Gasteiger partial charge in [-0.2, -0.15) is 10.2 Å². The van der Waals surface area contributed by atoms with E-state index in [-0.39, 0.29) is 0 Å². The second kappa shape index (κ2) is 5.08. The lowest BCUT2D eigenvalue weighted by Gasteiger charge is -2.01. The molecule has 0 aliphatic heterocycles. The normalized spacial score (nSPS) is 11.3. The van der Waals surface area contributed by atoms with Crippen LogP contribution in [0.2, 0.25) is 0 Å². The van der Waals surface area contributed by atoms with Crippen LogP contribution in [-0.2, 0) is 7.05 Å². The predicted octanol–water partition coefficient (Wildman–Crippen LogP) is 2.12. The fraction of sp³-hybridized carbons (Fsp3) is 0.143. The van der Waals surface area contributed by atoms with Gasteiger partial charge in [0.1, 0.15) is 6.33 Å². The van der Waals surface area contributed by atoms with Crippen LogP contribution in [0.4, 0.5) is 5.82 Å². The van der Waals surface area contributed by atoms with Crippen molar-refractivity contribution >= 4 is 23.1 Å². The summed E-state index contributed by atoms with van der Waals surface area (Å²) >= 11 is 0. The molecular formula is C14H14N6. The van der Waals surface area contributed by atoms with E-state index in [9.17, 15) is 0 Å². The van der Waals surface area contributed by atoms with Gasteiger partial charge in [-0.15, -0.1) is 0 Å². The highest BCUT2D eigenvalue weighted by Crippen LogP contribution is 2.21. The molecule has 0 bridgehead atoms. The van der Waals surface area contributed by atoms with Gasteiger partial charge in [0.25, 0.3) is 0 Å². The first kappa shape index (κ1) is 12.3. The van der Waals surface area contributed by atoms with Crippen molar-refractivity contribution < 1.29 is 0 Å². The fourth-order valence-electron chi connectivity index (χ4n) is 2.07. The van der Waals surface area contributed by atoms with Crippen LogP contribution in [0.3, 0.4) is 0 Å². The number of benzene rings is 1. The molecule has 0 spiro atoms. The number of rotatable bonds is 3. The van der Waals surface area contributed by atoms with Gasteiger partial charge < -0.3 is 0 Å². The van der Waals surface area contributed by atoms with Gasteiger partial charge in [-0.3, -0.25) is 10.1 Å². The minimum absolute atomic E-state index is 0.660. The zero-order valence-electron chi connectivity index (χ0n) is 11.3. The summed E-state index contributed by atoms with van der Waals surface area (Å²) in [7, 11) is 1.86. The number of hydrogen-bond acceptors (Lipinski definition) is 5. The maximum Gasteiger partial charge on any atom is 0.163 e. The van der Waals surface area contributed by atoms with E-state index in [0.29, 0.717) is 5.82 Å². The number of hydrazone groups is 1. The molecule has 0 aliphatic rings. The first-order valence-corrected chi connectivity index (χ1v) is 6.24. The number of fused-ring (bicyclic) bond motifs is 1. The number of nitrogens with one attached hydrogen (secondary N) is 1. The first-order chi connectivity index (χ1) is 9.75. The Morgan fingerprint density at radius 1 is 1.20 bits per heavy atom. The molecule has 0 saturated heterocycles. The molecular weight excluding hydrogens is 252 g/mol. The Morgan fingerprint density at radius 2 is 2.00 bits per heavy atom. The number of aromatic nitrogens is 4. The van der Waals surface area contributed by atoms with Crippen molar-refractivity contribution in [1.29, 1.82) is 0 Å². The van der Waals surface area contributed by atoms with Gasteiger partial charge in [0, 0.05) is 7.05 Å². The highest BCUT2D eigenvalue weighted by molar-refractivity contribution is 5.89. The van der Waals surface area contributed by atoms with Crippen LogP contribution >= 0.6 is 0 Å². The topological polar surface area (TPSA) is 68.0 Å². The van der Waals surface area contributed by atoms with Crippen molar-refractivity contribution in [3.8, 4) is 0 Å². The summed E-state index contributed by atoms with van der Waals surface area (Å²) < 4.78 is 1.73. The summed E-state index contributed by atoms with van der Waals surface area (Å²) in [6.07, 6.45) is 3.25. The van der Waals surface area contributed by atoms with E-state index in [1.807, 2.05) is 44.3 Å². The van der Waals surface area contributed by atoms with Gasteiger partial charge in [-0.25, -0.2) is 9.97 Å². The standard InChI is InChI=1S/C14H14N6/c1-10-12-13(15-9-16-14(12)20(2)19-10)18-17-8-11-6-4-3-5-7-11/h3-9H,1-2H3,(H,15,16,18)/b17-8+. The predicted molar refractivity (Wildman–Crippen MR) is 78.7 cm³/mol. The van der Waals surface area contributed by atoms with Crippen molar-refractivity contribution in [1.82, 2.24) is 19.7 Å². The molecule has 1 aromatic carbocycles. The van der Waals surface area contributed by atoms with Gasteiger partial charge >= 0.3 is 0 Å². The van der Waals surface area contributed by atoms with E-state index in [0.717, 1.165) is 22.3 Å². The molecule has 2 aromatic heterocycles. The van der Waals surface area contributed by atoms with Crippen LogP contribution in [0.25, 0.3) is 11.0 Å². The zero-order valence-corrected chi connectivity index (χ0v) is 11.3. The maximum atomic E-state index is 4.34. The van der Waals surface area contributed by atoms with E-state index >= 15 is 0 Å². The summed E-state index contributed by atoms with van der Waals surface area (Å²) in [4.78, 5) is 8.45. The van der Waals surface area contributed by atoms with Crippen molar-refractivity contribution in [3.05, 3.63) is 47.9 Å². The van der Waals surface area contributed by atoms with Crippen LogP contribution in [-0.4, -0.2) is 26.0 Å². The fourth-order valence-corrected chi connectivity index (χ4v) is 2.07. The Morgan fingerprint density at radius 3 is 2.80 bits per heavy atom. The van der Waals surface area contributed by atoms with Gasteiger partial charge in [0.05, 0.1) is 17.3 Å². The molecule has 1 N–H and O–H groups in total. The number of hydrogen-bond donors (Lipinski definition) is 1. The van der Waals surface area contributed by atoms with E-state index in [2.05, 4.69) is 25.6 Å². The zero-order chi connectivity index (χ0) is 13.9. The molecule has 0 fully saturated rings. The van der Waals surface area contributed by atoms with Gasteiger partial charge in [0.15, 0.2) is 11.5 Å². The molecule has 20 heavy (non-hydrogen) atoms. The largest absolute Gasteiger partial charge is 0.261 e. The van der Waals surface area contributed by atoms with E-state index in [1.165, 1.54) is 6.33 Å². The SMILES string of the molecule is Cc1nn(C)c2ncnc(N/N=C/c3ccccc3)c12. The summed E-state index contributed by atoms with van der Waals surface area (Å²) in [6.45, 7) is 1.93. The number of nitrogens with zero attached hydrogens (tertiary/aromatic N) is 5. The highest BCUT2D eigenvalue weighted by atomic mass is 15.3. The van der Waals surface area contributed by atoms with Gasteiger partial charge in [0.2, 0.25) is 0 Å². The molecule has 0 radical (unpaired) electrons. The molecule has 3 aromatic rings. The monoisotopic (exact) mass is 266 g/mol. The second-order valence-corrected chi connectivity index (χ2v) is 4.41. The van der Waals surface area contributed by atoms with Crippen LogP contribution in [0.5, 0.6) is 0 Å². The Bertz CT molecular complexity index is 760. The molecule has 0 unspecified atom stereocenters. The third kappa shape index (κ3) is 2.23. The Kier molecular flexibility index (Phi) is 3.12. The summed E-state index contributed by atoms with van der Waals surface area (Å²) in [5.41, 5.74) is 5.64. The first-order valence-electron chi connectivity index (χ1n) is 6.24. The molecule has 6 nitrogen and oxygen atoms in total. The van der Waals surface area contributed by atoms with E-state index < -0.39 is 0 Å². The quantitative estimate of drug-likeness (QED) is 0.582. The average Bonchev–Trinajstić information content (AvgIpc) is 2.76. The van der Waals surface area contributed by atoms with Crippen LogP contribution in [0.15, 0.2) is 41.8 Å². The smallest absolute Gasteiger partial charge is 0.163 e. The van der Waals surface area contributed by atoms with Crippen LogP contribution in [0, 0.1) is 6.92 Å². The van der Waals surface area contributed by atoms with Gasteiger partial charge in [-0.05, 0) is 12.5 Å². The van der Waals surface area contributed by atoms with E-state index in [1.54, 1.807) is 10.9 Å². The molecule has 6 heteroatoms. The average molecular weight is 266 g/mol. The van der Waals surface area contributed by atoms with Crippen molar-refractivity contribution in [2.24, 2.45) is 12.1 Å². The Labute approximate surface area is 116 Å². The molecule has 3 rings (SSSR count). The maximum absolute atomic E-state index is 4.34. The number of aryl methyl sites for hydroxylation is 2. The minimum Gasteiger partial charge on any atom is -0.261 e. The lowest BCUT2D eigenvalue weighted by molar-refractivity contribution is 0.773. The summed E-state index contributed by atoms with van der Waals surface area (Å²) in [5.74, 6) is 0.660. The molecule has 0 aliphatic carbocycles. The van der Waals surface area contributed by atoms with Crippen molar-refractivity contribution in [2.75, 3.05) is 5.43 Å². The van der Waals surface area contributed by atoms with Crippen molar-refractivity contribution in [2.45, 2.75) is 6.92 Å². The van der Waals surface area contributed by atoms with E-state index in [4.69, 9.17) is 0 Å². The van der Waals surface area contributed by atoms with Crippen LogP contribution in [0.1, 0.15) is 11.3 Å². The molecule has 2 heterocycles.